The van der Waals surface area contributed by atoms with E-state index in [1.165, 1.54) is 24.3 Å². The molecule has 0 bridgehead atoms. The van der Waals surface area contributed by atoms with E-state index in [0.29, 0.717) is 28.5 Å². The first-order chi connectivity index (χ1) is 17.3. The SMILES string of the molecule is CCOC(=O)C(C)(C)Oc1ccc(C(Cc2cc(-c3ccc(OC(F)(F)F)cc3)nn2C)NC)cc1Cl. The van der Waals surface area contributed by atoms with Crippen LogP contribution in [-0.4, -0.2) is 41.4 Å². The summed E-state index contributed by atoms with van der Waals surface area (Å²) in [7, 11) is 3.62. The van der Waals surface area contributed by atoms with Gasteiger partial charge in [0.25, 0.3) is 0 Å². The Hall–Kier alpha value is -3.24. The largest absolute Gasteiger partial charge is 0.573 e. The Morgan fingerprint density at radius 2 is 1.78 bits per heavy atom. The number of aromatic nitrogens is 2. The molecule has 1 aromatic heterocycles. The molecule has 0 aliphatic carbocycles. The number of carbonyl (C=O) groups is 1. The van der Waals surface area contributed by atoms with E-state index < -0.39 is 17.9 Å². The van der Waals surface area contributed by atoms with Gasteiger partial charge in [0, 0.05) is 30.8 Å². The minimum atomic E-state index is -4.74. The lowest BCUT2D eigenvalue weighted by atomic mass is 10.0. The smallest absolute Gasteiger partial charge is 0.475 e. The summed E-state index contributed by atoms with van der Waals surface area (Å²) in [4.78, 5) is 12.2. The Morgan fingerprint density at radius 3 is 2.35 bits per heavy atom. The molecule has 37 heavy (non-hydrogen) atoms. The summed E-state index contributed by atoms with van der Waals surface area (Å²) in [6.07, 6.45) is -4.19. The van der Waals surface area contributed by atoms with E-state index >= 15 is 0 Å². The number of hydrogen-bond donors (Lipinski definition) is 1. The standard InChI is InChI=1S/C26H29ClF3N3O4/c1-6-35-24(34)25(2,3)37-23-12-9-17(13-20(23)27)21(31-4)14-18-15-22(32-33(18)5)16-7-10-19(11-8-16)36-26(28,29)30/h7-13,15,21,31H,6,14H2,1-5H3. The van der Waals surface area contributed by atoms with Crippen LogP contribution in [0.2, 0.25) is 5.02 Å². The lowest BCUT2D eigenvalue weighted by Gasteiger charge is -2.25. The van der Waals surface area contributed by atoms with Crippen molar-refractivity contribution < 1.29 is 32.2 Å². The second-order valence-corrected chi connectivity index (χ2v) is 9.19. The molecular formula is C26H29ClF3N3O4. The van der Waals surface area contributed by atoms with Gasteiger partial charge in [-0.3, -0.25) is 4.68 Å². The lowest BCUT2D eigenvalue weighted by Crippen LogP contribution is -2.39. The van der Waals surface area contributed by atoms with E-state index in [1.807, 2.05) is 19.2 Å². The van der Waals surface area contributed by atoms with Crippen molar-refractivity contribution in [2.45, 2.75) is 45.2 Å². The van der Waals surface area contributed by atoms with Crippen LogP contribution >= 0.6 is 11.6 Å². The zero-order valence-electron chi connectivity index (χ0n) is 21.1. The van der Waals surface area contributed by atoms with Gasteiger partial charge in [0.05, 0.1) is 17.3 Å². The fourth-order valence-corrected chi connectivity index (χ4v) is 3.93. The number of aryl methyl sites for hydroxylation is 1. The van der Waals surface area contributed by atoms with Crippen molar-refractivity contribution in [1.29, 1.82) is 0 Å². The molecular weight excluding hydrogens is 511 g/mol. The van der Waals surface area contributed by atoms with Crippen LogP contribution in [0.4, 0.5) is 13.2 Å². The van der Waals surface area contributed by atoms with Gasteiger partial charge >= 0.3 is 12.3 Å². The highest BCUT2D eigenvalue weighted by molar-refractivity contribution is 6.32. The van der Waals surface area contributed by atoms with E-state index in [0.717, 1.165) is 11.3 Å². The predicted molar refractivity (Wildman–Crippen MR) is 134 cm³/mol. The molecule has 0 saturated heterocycles. The molecule has 3 aromatic rings. The van der Waals surface area contributed by atoms with Gasteiger partial charge in [0.1, 0.15) is 11.5 Å². The first-order valence-corrected chi connectivity index (χ1v) is 11.9. The lowest BCUT2D eigenvalue weighted by molar-refractivity contribution is -0.274. The van der Waals surface area contributed by atoms with Crippen LogP contribution < -0.4 is 14.8 Å². The van der Waals surface area contributed by atoms with Crippen LogP contribution in [0.15, 0.2) is 48.5 Å². The number of esters is 1. The molecule has 1 heterocycles. The predicted octanol–water partition coefficient (Wildman–Crippen LogP) is 5.86. The Bertz CT molecular complexity index is 1230. The van der Waals surface area contributed by atoms with Crippen molar-refractivity contribution in [3.05, 3.63) is 64.8 Å². The van der Waals surface area contributed by atoms with Crippen LogP contribution in [0.3, 0.4) is 0 Å². The van der Waals surface area contributed by atoms with Gasteiger partial charge in [0.2, 0.25) is 0 Å². The topological polar surface area (TPSA) is 74.6 Å². The second kappa shape index (κ2) is 11.4. The van der Waals surface area contributed by atoms with Crippen LogP contribution in [0.1, 0.15) is 38.1 Å². The minimum absolute atomic E-state index is 0.129. The van der Waals surface area contributed by atoms with Gasteiger partial charge in [-0.2, -0.15) is 5.10 Å². The maximum absolute atomic E-state index is 12.4. The highest BCUT2D eigenvalue weighted by atomic mass is 35.5. The van der Waals surface area contributed by atoms with E-state index in [1.54, 1.807) is 44.6 Å². The van der Waals surface area contributed by atoms with Gasteiger partial charge in [-0.05, 0) is 75.8 Å². The summed E-state index contributed by atoms with van der Waals surface area (Å²) >= 11 is 6.49. The summed E-state index contributed by atoms with van der Waals surface area (Å²) < 4.78 is 53.8. The third-order valence-electron chi connectivity index (χ3n) is 5.61. The quantitative estimate of drug-likeness (QED) is 0.325. The number of ether oxygens (including phenoxy) is 3. The molecule has 0 radical (unpaired) electrons. The molecule has 0 spiro atoms. The monoisotopic (exact) mass is 539 g/mol. The first-order valence-electron chi connectivity index (χ1n) is 11.5. The zero-order valence-corrected chi connectivity index (χ0v) is 21.9. The molecule has 1 unspecified atom stereocenters. The number of alkyl halides is 3. The van der Waals surface area contributed by atoms with Gasteiger partial charge in [-0.25, -0.2) is 4.79 Å². The number of benzene rings is 2. The van der Waals surface area contributed by atoms with Gasteiger partial charge < -0.3 is 19.5 Å². The van der Waals surface area contributed by atoms with E-state index in [-0.39, 0.29) is 18.4 Å². The van der Waals surface area contributed by atoms with E-state index in [2.05, 4.69) is 15.2 Å². The average Bonchev–Trinajstić information content (AvgIpc) is 3.18. The molecule has 7 nitrogen and oxygen atoms in total. The molecule has 0 saturated carbocycles. The number of carbonyl (C=O) groups excluding carboxylic acids is 1. The van der Waals surface area contributed by atoms with Crippen LogP contribution in [0.5, 0.6) is 11.5 Å². The van der Waals surface area contributed by atoms with E-state index in [4.69, 9.17) is 21.1 Å². The second-order valence-electron chi connectivity index (χ2n) is 8.78. The minimum Gasteiger partial charge on any atom is -0.475 e. The van der Waals surface area contributed by atoms with E-state index in [9.17, 15) is 18.0 Å². The van der Waals surface area contributed by atoms with Crippen molar-refractivity contribution in [2.24, 2.45) is 7.05 Å². The van der Waals surface area contributed by atoms with Crippen molar-refractivity contribution in [3.8, 4) is 22.8 Å². The molecule has 1 atom stereocenters. The number of nitrogens with zero attached hydrogens (tertiary/aromatic N) is 2. The fraction of sp³-hybridized carbons (Fsp3) is 0.385. The highest BCUT2D eigenvalue weighted by Crippen LogP contribution is 2.33. The summed E-state index contributed by atoms with van der Waals surface area (Å²) in [6.45, 7) is 5.20. The molecule has 0 aliphatic rings. The van der Waals surface area contributed by atoms with Gasteiger partial charge in [-0.15, -0.1) is 13.2 Å². The van der Waals surface area contributed by atoms with Crippen molar-refractivity contribution in [3.63, 3.8) is 0 Å². The molecule has 11 heteroatoms. The third-order valence-corrected chi connectivity index (χ3v) is 5.91. The number of halogens is 4. The fourth-order valence-electron chi connectivity index (χ4n) is 3.70. The number of hydrogen-bond acceptors (Lipinski definition) is 6. The van der Waals surface area contributed by atoms with Gasteiger partial charge in [0.15, 0.2) is 5.60 Å². The zero-order chi connectivity index (χ0) is 27.4. The van der Waals surface area contributed by atoms with Crippen molar-refractivity contribution in [1.82, 2.24) is 15.1 Å². The van der Waals surface area contributed by atoms with Crippen LogP contribution in [-0.2, 0) is 23.0 Å². The number of rotatable bonds is 10. The molecule has 3 rings (SSSR count). The Balaban J connectivity index is 1.75. The summed E-state index contributed by atoms with van der Waals surface area (Å²) in [5.41, 5.74) is 1.86. The van der Waals surface area contributed by atoms with Crippen molar-refractivity contribution in [2.75, 3.05) is 13.7 Å². The first kappa shape index (κ1) is 28.3. The molecule has 2 aromatic carbocycles. The Kier molecular flexibility index (Phi) is 8.76. The maximum Gasteiger partial charge on any atom is 0.573 e. The number of likely N-dealkylation sites (N-methyl/N-ethyl adjacent to an activating group) is 1. The van der Waals surface area contributed by atoms with Crippen LogP contribution in [0, 0.1) is 0 Å². The third kappa shape index (κ3) is 7.39. The number of nitrogens with one attached hydrogen (secondary N) is 1. The molecule has 0 fully saturated rings. The molecule has 1 N–H and O–H groups in total. The van der Waals surface area contributed by atoms with Crippen LogP contribution in [0.25, 0.3) is 11.3 Å². The normalized spacial score (nSPS) is 12.8. The maximum atomic E-state index is 12.4. The molecule has 200 valence electrons. The average molecular weight is 540 g/mol. The summed E-state index contributed by atoms with van der Waals surface area (Å²) in [5.74, 6) is -0.422. The Labute approximate surface area is 218 Å². The highest BCUT2D eigenvalue weighted by Gasteiger charge is 2.33. The summed E-state index contributed by atoms with van der Waals surface area (Å²) in [6, 6.07) is 12.7. The molecule has 0 aliphatic heterocycles. The summed E-state index contributed by atoms with van der Waals surface area (Å²) in [5, 5.41) is 8.12. The Morgan fingerprint density at radius 1 is 1.11 bits per heavy atom. The molecule has 0 amide bonds. The van der Waals surface area contributed by atoms with Gasteiger partial charge in [-0.1, -0.05) is 17.7 Å². The van der Waals surface area contributed by atoms with Crippen molar-refractivity contribution >= 4 is 17.6 Å².